The molecule has 0 atom stereocenters. The average molecular weight is 157 g/mol. The molecule has 1 rings (SSSR count). The summed E-state index contributed by atoms with van der Waals surface area (Å²) < 4.78 is 0. The van der Waals surface area contributed by atoms with Gasteiger partial charge in [0.2, 0.25) is 0 Å². The highest BCUT2D eigenvalue weighted by Crippen LogP contribution is 2.13. The van der Waals surface area contributed by atoms with E-state index in [1.165, 1.54) is 6.07 Å². The summed E-state index contributed by atoms with van der Waals surface area (Å²) in [4.78, 5) is 13.8. The molecule has 1 heterocycles. The molecule has 0 bridgehead atoms. The van der Waals surface area contributed by atoms with Gasteiger partial charge in [0.1, 0.15) is 5.69 Å². The monoisotopic (exact) mass is 156 g/mol. The first-order chi connectivity index (χ1) is 4.74. The van der Waals surface area contributed by atoms with Gasteiger partial charge >= 0.3 is 0 Å². The van der Waals surface area contributed by atoms with E-state index in [-0.39, 0.29) is 5.15 Å². The molecule has 0 aliphatic carbocycles. The summed E-state index contributed by atoms with van der Waals surface area (Å²) >= 11 is 5.50. The van der Waals surface area contributed by atoms with Gasteiger partial charge < -0.3 is 5.73 Å². The Bertz CT molecular complexity index is 262. The zero-order valence-corrected chi connectivity index (χ0v) is 5.80. The van der Waals surface area contributed by atoms with Crippen molar-refractivity contribution >= 4 is 23.6 Å². The predicted molar refractivity (Wildman–Crippen MR) is 39.0 cm³/mol. The van der Waals surface area contributed by atoms with Crippen molar-refractivity contribution in [2.75, 3.05) is 5.73 Å². The summed E-state index contributed by atoms with van der Waals surface area (Å²) in [5.74, 6) is 0. The summed E-state index contributed by atoms with van der Waals surface area (Å²) in [6, 6.07) is 3.05. The molecule has 3 nitrogen and oxygen atoms in total. The molecule has 0 aliphatic rings. The van der Waals surface area contributed by atoms with E-state index in [4.69, 9.17) is 17.3 Å². The van der Waals surface area contributed by atoms with Gasteiger partial charge in [-0.05, 0) is 12.1 Å². The molecule has 2 N–H and O–H groups in total. The molecule has 0 spiro atoms. The van der Waals surface area contributed by atoms with E-state index >= 15 is 0 Å². The first-order valence-electron chi connectivity index (χ1n) is 2.61. The Morgan fingerprint density at radius 1 is 1.60 bits per heavy atom. The van der Waals surface area contributed by atoms with Gasteiger partial charge in [-0.1, -0.05) is 11.6 Å². The topological polar surface area (TPSA) is 56.0 Å². The Balaban J connectivity index is 3.16. The second-order valence-corrected chi connectivity index (χ2v) is 2.09. The molecule has 0 radical (unpaired) electrons. The Labute approximate surface area is 62.8 Å². The van der Waals surface area contributed by atoms with Gasteiger partial charge in [0.25, 0.3) is 0 Å². The number of nitrogen functional groups attached to an aromatic ring is 1. The summed E-state index contributed by atoms with van der Waals surface area (Å²) in [6.07, 6.45) is 0.616. The smallest absolute Gasteiger partial charge is 0.168 e. The number of rotatable bonds is 1. The Morgan fingerprint density at radius 2 is 2.30 bits per heavy atom. The third-order valence-electron chi connectivity index (χ3n) is 1.02. The molecule has 52 valence electrons. The first kappa shape index (κ1) is 7.02. The van der Waals surface area contributed by atoms with E-state index in [1.807, 2.05) is 0 Å². The fourth-order valence-corrected chi connectivity index (χ4v) is 0.685. The Morgan fingerprint density at radius 3 is 2.80 bits per heavy atom. The maximum Gasteiger partial charge on any atom is 0.168 e. The van der Waals surface area contributed by atoms with Crippen molar-refractivity contribution < 1.29 is 4.79 Å². The summed E-state index contributed by atoms with van der Waals surface area (Å²) in [5.41, 5.74) is 6.01. The number of carbonyl (C=O) groups excluding carboxylic acids is 1. The van der Waals surface area contributed by atoms with Crippen LogP contribution in [0.5, 0.6) is 0 Å². The van der Waals surface area contributed by atoms with Crippen molar-refractivity contribution in [3.05, 3.63) is 23.0 Å². The number of hydrogen-bond acceptors (Lipinski definition) is 3. The molecule has 0 saturated heterocycles. The fraction of sp³-hybridized carbons (Fsp3) is 0. The van der Waals surface area contributed by atoms with E-state index in [9.17, 15) is 4.79 Å². The second kappa shape index (κ2) is 2.66. The maximum atomic E-state index is 10.1. The van der Waals surface area contributed by atoms with Crippen LogP contribution in [0, 0.1) is 0 Å². The number of aldehydes is 1. The zero-order chi connectivity index (χ0) is 7.56. The number of halogens is 1. The van der Waals surface area contributed by atoms with E-state index in [1.54, 1.807) is 6.07 Å². The first-order valence-corrected chi connectivity index (χ1v) is 2.99. The number of anilines is 1. The standard InChI is InChI=1S/C6H5ClN2O/c7-6-5(8)2-1-4(3-10)9-6/h1-3H,8H2. The van der Waals surface area contributed by atoms with Gasteiger partial charge in [-0.3, -0.25) is 4.79 Å². The average Bonchev–Trinajstić information content (AvgIpc) is 1.95. The SMILES string of the molecule is Nc1ccc(C=O)nc1Cl. The van der Waals surface area contributed by atoms with Crippen LogP contribution in [0.25, 0.3) is 0 Å². The van der Waals surface area contributed by atoms with Crippen LogP contribution in [0.2, 0.25) is 5.15 Å². The highest BCUT2D eigenvalue weighted by atomic mass is 35.5. The molecule has 1 aromatic rings. The van der Waals surface area contributed by atoms with Crippen molar-refractivity contribution in [1.29, 1.82) is 0 Å². The molecule has 0 aliphatic heterocycles. The molecule has 0 unspecified atom stereocenters. The lowest BCUT2D eigenvalue weighted by Gasteiger charge is -1.94. The molecule has 0 saturated carbocycles. The summed E-state index contributed by atoms with van der Waals surface area (Å²) in [6.45, 7) is 0. The van der Waals surface area contributed by atoms with Crippen molar-refractivity contribution in [2.45, 2.75) is 0 Å². The minimum atomic E-state index is 0.171. The lowest BCUT2D eigenvalue weighted by Crippen LogP contribution is -1.92. The van der Waals surface area contributed by atoms with Crippen molar-refractivity contribution in [3.63, 3.8) is 0 Å². The fourth-order valence-electron chi connectivity index (χ4n) is 0.525. The number of aromatic nitrogens is 1. The number of carbonyl (C=O) groups is 1. The van der Waals surface area contributed by atoms with Gasteiger partial charge in [0.05, 0.1) is 5.69 Å². The Kier molecular flexibility index (Phi) is 1.87. The number of nitrogens with zero attached hydrogens (tertiary/aromatic N) is 1. The van der Waals surface area contributed by atoms with Crippen LogP contribution < -0.4 is 5.73 Å². The Hall–Kier alpha value is -1.09. The highest BCUT2D eigenvalue weighted by Gasteiger charge is 1.97. The van der Waals surface area contributed by atoms with E-state index in [2.05, 4.69) is 4.98 Å². The molecule has 10 heavy (non-hydrogen) atoms. The van der Waals surface area contributed by atoms with Crippen LogP contribution >= 0.6 is 11.6 Å². The van der Waals surface area contributed by atoms with Crippen LogP contribution in [0.15, 0.2) is 12.1 Å². The van der Waals surface area contributed by atoms with Crippen LogP contribution in [0.1, 0.15) is 10.5 Å². The van der Waals surface area contributed by atoms with Crippen molar-refractivity contribution in [3.8, 4) is 0 Å². The van der Waals surface area contributed by atoms with E-state index in [0.29, 0.717) is 17.7 Å². The molecule has 0 amide bonds. The summed E-state index contributed by atoms with van der Waals surface area (Å²) in [7, 11) is 0. The highest BCUT2D eigenvalue weighted by molar-refractivity contribution is 6.31. The van der Waals surface area contributed by atoms with Gasteiger partial charge in [-0.25, -0.2) is 4.98 Å². The van der Waals surface area contributed by atoms with Gasteiger partial charge in [0.15, 0.2) is 11.4 Å². The third-order valence-corrected chi connectivity index (χ3v) is 1.32. The molecule has 4 heteroatoms. The minimum Gasteiger partial charge on any atom is -0.396 e. The van der Waals surface area contributed by atoms with Gasteiger partial charge in [0, 0.05) is 0 Å². The lowest BCUT2D eigenvalue weighted by atomic mass is 10.3. The third kappa shape index (κ3) is 1.25. The quantitative estimate of drug-likeness (QED) is 0.490. The van der Waals surface area contributed by atoms with E-state index < -0.39 is 0 Å². The van der Waals surface area contributed by atoms with Crippen LogP contribution in [-0.2, 0) is 0 Å². The molecular weight excluding hydrogens is 152 g/mol. The maximum absolute atomic E-state index is 10.1. The minimum absolute atomic E-state index is 0.171. The molecule has 0 aromatic carbocycles. The molecular formula is C6H5ClN2O. The van der Waals surface area contributed by atoms with Gasteiger partial charge in [-0.15, -0.1) is 0 Å². The van der Waals surface area contributed by atoms with Crippen LogP contribution in [0.3, 0.4) is 0 Å². The predicted octanol–water partition coefficient (Wildman–Crippen LogP) is 1.13. The number of hydrogen-bond donors (Lipinski definition) is 1. The normalized spacial score (nSPS) is 9.30. The van der Waals surface area contributed by atoms with Gasteiger partial charge in [-0.2, -0.15) is 0 Å². The lowest BCUT2D eigenvalue weighted by molar-refractivity contribution is 0.111. The largest absolute Gasteiger partial charge is 0.396 e. The van der Waals surface area contributed by atoms with Crippen molar-refractivity contribution in [1.82, 2.24) is 4.98 Å². The molecule has 0 fully saturated rings. The van der Waals surface area contributed by atoms with Crippen LogP contribution in [-0.4, -0.2) is 11.3 Å². The zero-order valence-electron chi connectivity index (χ0n) is 5.04. The second-order valence-electron chi connectivity index (χ2n) is 1.73. The van der Waals surface area contributed by atoms with Crippen molar-refractivity contribution in [2.24, 2.45) is 0 Å². The van der Waals surface area contributed by atoms with E-state index in [0.717, 1.165) is 0 Å². The van der Waals surface area contributed by atoms with Crippen LogP contribution in [0.4, 0.5) is 5.69 Å². The number of nitrogens with two attached hydrogens (primary N) is 1. The molecule has 1 aromatic heterocycles. The summed E-state index contributed by atoms with van der Waals surface area (Å²) in [5, 5.41) is 0.171. The number of pyridine rings is 1.